The third-order valence-electron chi connectivity index (χ3n) is 4.87. The van der Waals surface area contributed by atoms with E-state index >= 15 is 0 Å². The van der Waals surface area contributed by atoms with Crippen LogP contribution in [0.2, 0.25) is 5.02 Å². The lowest BCUT2D eigenvalue weighted by Gasteiger charge is -2.16. The number of aliphatic carboxylic acids is 1. The minimum absolute atomic E-state index is 0.129. The Hall–Kier alpha value is -3.71. The summed E-state index contributed by atoms with van der Waals surface area (Å²) in [7, 11) is 1.88. The average Bonchev–Trinajstić information content (AvgIpc) is 2.78. The van der Waals surface area contributed by atoms with Gasteiger partial charge in [0.05, 0.1) is 10.6 Å². The first-order valence-corrected chi connectivity index (χ1v) is 10.3. The van der Waals surface area contributed by atoms with Crippen molar-refractivity contribution in [3.63, 3.8) is 0 Å². The molecule has 3 aromatic rings. The number of carbonyl (C=O) groups excluding carboxylic acids is 1. The van der Waals surface area contributed by atoms with Crippen LogP contribution in [0.1, 0.15) is 27.9 Å². The molecule has 32 heavy (non-hydrogen) atoms. The summed E-state index contributed by atoms with van der Waals surface area (Å²) in [5.41, 5.74) is 2.78. The van der Waals surface area contributed by atoms with Crippen molar-refractivity contribution in [2.75, 3.05) is 11.9 Å². The highest BCUT2D eigenvalue weighted by atomic mass is 35.5. The van der Waals surface area contributed by atoms with E-state index in [1.807, 2.05) is 42.3 Å². The number of benzene rings is 2. The third kappa shape index (κ3) is 5.70. The van der Waals surface area contributed by atoms with E-state index < -0.39 is 17.9 Å². The summed E-state index contributed by atoms with van der Waals surface area (Å²) in [5.74, 6) is -1.04. The summed E-state index contributed by atoms with van der Waals surface area (Å²) >= 11 is 6.11. The molecule has 1 unspecified atom stereocenters. The quantitative estimate of drug-likeness (QED) is 0.525. The zero-order valence-corrected chi connectivity index (χ0v) is 18.5. The maximum Gasteiger partial charge on any atom is 0.326 e. The number of halogens is 1. The minimum Gasteiger partial charge on any atom is -0.480 e. The van der Waals surface area contributed by atoms with E-state index in [2.05, 4.69) is 15.3 Å². The van der Waals surface area contributed by atoms with Crippen LogP contribution in [0, 0.1) is 6.92 Å². The molecule has 2 N–H and O–H groups in total. The molecule has 8 heteroatoms. The highest BCUT2D eigenvalue weighted by molar-refractivity contribution is 6.34. The summed E-state index contributed by atoms with van der Waals surface area (Å²) in [5, 5.41) is 12.3. The Balaban J connectivity index is 1.64. The molecule has 0 aliphatic rings. The molecular weight excluding hydrogens is 428 g/mol. The molecule has 0 saturated carbocycles. The smallest absolute Gasteiger partial charge is 0.326 e. The van der Waals surface area contributed by atoms with Crippen molar-refractivity contribution in [1.29, 1.82) is 0 Å². The van der Waals surface area contributed by atoms with E-state index in [9.17, 15) is 14.7 Å². The van der Waals surface area contributed by atoms with Crippen LogP contribution in [0.5, 0.6) is 0 Å². The van der Waals surface area contributed by atoms with Gasteiger partial charge in [-0.05, 0) is 48.7 Å². The van der Waals surface area contributed by atoms with Gasteiger partial charge in [-0.25, -0.2) is 14.8 Å². The SMILES string of the molecule is Cc1cccc(Cl)c1C(=O)NC(C/C=C/c1ccc(N(C)c2ncccn2)cc1)C(=O)O. The zero-order chi connectivity index (χ0) is 23.1. The van der Waals surface area contributed by atoms with Crippen molar-refractivity contribution in [3.05, 3.63) is 88.7 Å². The molecule has 0 saturated heterocycles. The molecule has 0 radical (unpaired) electrons. The summed E-state index contributed by atoms with van der Waals surface area (Å²) in [6.45, 7) is 1.75. The number of hydrogen-bond acceptors (Lipinski definition) is 5. The zero-order valence-electron chi connectivity index (χ0n) is 17.7. The van der Waals surface area contributed by atoms with Crippen molar-refractivity contribution in [2.45, 2.75) is 19.4 Å². The van der Waals surface area contributed by atoms with Crippen LogP contribution in [0.15, 0.2) is 67.0 Å². The molecule has 1 atom stereocenters. The standard InChI is InChI=1S/C24H23ClN4O3/c1-16-6-3-8-19(25)21(16)22(30)28-20(23(31)32)9-4-7-17-10-12-18(13-11-17)29(2)24-26-14-5-15-27-24/h3-8,10-15,20H,9H2,1-2H3,(H,28,30)(H,31,32)/b7-4+. The van der Waals surface area contributed by atoms with Crippen molar-refractivity contribution in [1.82, 2.24) is 15.3 Å². The second-order valence-corrected chi connectivity index (χ2v) is 7.54. The highest BCUT2D eigenvalue weighted by Gasteiger charge is 2.21. The Morgan fingerprint density at radius 2 is 1.81 bits per heavy atom. The fourth-order valence-corrected chi connectivity index (χ4v) is 3.41. The van der Waals surface area contributed by atoms with E-state index in [1.54, 1.807) is 49.7 Å². The predicted octanol–water partition coefficient (Wildman–Crippen LogP) is 4.49. The Bertz CT molecular complexity index is 1100. The first-order chi connectivity index (χ1) is 15.4. The van der Waals surface area contributed by atoms with Gasteiger partial charge >= 0.3 is 5.97 Å². The predicted molar refractivity (Wildman–Crippen MR) is 125 cm³/mol. The lowest BCUT2D eigenvalue weighted by molar-refractivity contribution is -0.139. The molecule has 0 aliphatic carbocycles. The van der Waals surface area contributed by atoms with Crippen molar-refractivity contribution < 1.29 is 14.7 Å². The number of anilines is 2. The van der Waals surface area contributed by atoms with Crippen molar-refractivity contribution in [3.8, 4) is 0 Å². The van der Waals surface area contributed by atoms with Gasteiger partial charge in [-0.15, -0.1) is 0 Å². The second-order valence-electron chi connectivity index (χ2n) is 7.13. The number of nitrogens with zero attached hydrogens (tertiary/aromatic N) is 3. The van der Waals surface area contributed by atoms with Crippen LogP contribution in [-0.4, -0.2) is 40.0 Å². The summed E-state index contributed by atoms with van der Waals surface area (Å²) in [6, 6.07) is 13.4. The van der Waals surface area contributed by atoms with E-state index in [-0.39, 0.29) is 17.0 Å². The van der Waals surface area contributed by atoms with E-state index in [4.69, 9.17) is 11.6 Å². The normalized spacial score (nSPS) is 11.8. The molecule has 0 aliphatic heterocycles. The van der Waals surface area contributed by atoms with Gasteiger partial charge in [0.1, 0.15) is 6.04 Å². The summed E-state index contributed by atoms with van der Waals surface area (Å²) in [6.07, 6.45) is 7.02. The van der Waals surface area contributed by atoms with Gasteiger partial charge in [0.25, 0.3) is 5.91 Å². The number of nitrogens with one attached hydrogen (secondary N) is 1. The van der Waals surface area contributed by atoms with Crippen LogP contribution < -0.4 is 10.2 Å². The average molecular weight is 451 g/mol. The van der Waals surface area contributed by atoms with E-state index in [1.165, 1.54) is 0 Å². The molecule has 7 nitrogen and oxygen atoms in total. The molecule has 0 fully saturated rings. The monoisotopic (exact) mass is 450 g/mol. The van der Waals surface area contributed by atoms with Crippen LogP contribution in [-0.2, 0) is 4.79 Å². The molecule has 164 valence electrons. The maximum absolute atomic E-state index is 12.6. The van der Waals surface area contributed by atoms with Crippen molar-refractivity contribution in [2.24, 2.45) is 0 Å². The fraction of sp³-hybridized carbons (Fsp3) is 0.167. The minimum atomic E-state index is -1.12. The first kappa shape index (κ1) is 23.0. The summed E-state index contributed by atoms with van der Waals surface area (Å²) in [4.78, 5) is 34.5. The van der Waals surface area contributed by atoms with Crippen LogP contribution in [0.4, 0.5) is 11.6 Å². The van der Waals surface area contributed by atoms with Gasteiger partial charge in [0, 0.05) is 25.1 Å². The van der Waals surface area contributed by atoms with E-state index in [0.29, 0.717) is 11.5 Å². The Labute approximate surface area is 191 Å². The maximum atomic E-state index is 12.6. The number of hydrogen-bond donors (Lipinski definition) is 2. The number of aryl methyl sites for hydroxylation is 1. The topological polar surface area (TPSA) is 95.4 Å². The van der Waals surface area contributed by atoms with Crippen molar-refractivity contribution >= 4 is 41.2 Å². The lowest BCUT2D eigenvalue weighted by Crippen LogP contribution is -2.40. The van der Waals surface area contributed by atoms with Gasteiger partial charge in [-0.2, -0.15) is 0 Å². The molecule has 0 spiro atoms. The summed E-state index contributed by atoms with van der Waals surface area (Å²) < 4.78 is 0. The molecule has 0 bridgehead atoms. The fourth-order valence-electron chi connectivity index (χ4n) is 3.10. The number of carboxylic acid groups (broad SMARTS) is 1. The second kappa shape index (κ2) is 10.5. The first-order valence-electron chi connectivity index (χ1n) is 9.93. The van der Waals surface area contributed by atoms with Crippen LogP contribution in [0.25, 0.3) is 6.08 Å². The number of carbonyl (C=O) groups is 2. The van der Waals surface area contributed by atoms with Gasteiger partial charge in [-0.3, -0.25) is 4.79 Å². The number of carboxylic acids is 1. The number of rotatable bonds is 8. The number of aromatic nitrogens is 2. The van der Waals surface area contributed by atoms with Crippen LogP contribution >= 0.6 is 11.6 Å². The van der Waals surface area contributed by atoms with Gasteiger partial charge in [0.2, 0.25) is 5.95 Å². The molecule has 3 rings (SSSR count). The molecule has 1 amide bonds. The Kier molecular flexibility index (Phi) is 7.57. The van der Waals surface area contributed by atoms with Gasteiger partial charge in [0.15, 0.2) is 0 Å². The molecular formula is C24H23ClN4O3. The Morgan fingerprint density at radius 1 is 1.12 bits per heavy atom. The van der Waals surface area contributed by atoms with E-state index in [0.717, 1.165) is 11.3 Å². The molecule has 1 aromatic heterocycles. The Morgan fingerprint density at radius 3 is 2.44 bits per heavy atom. The largest absolute Gasteiger partial charge is 0.480 e. The number of amides is 1. The van der Waals surface area contributed by atoms with Crippen LogP contribution in [0.3, 0.4) is 0 Å². The van der Waals surface area contributed by atoms with Gasteiger partial charge < -0.3 is 15.3 Å². The molecule has 2 aromatic carbocycles. The van der Waals surface area contributed by atoms with Gasteiger partial charge in [-0.1, -0.05) is 48.0 Å². The third-order valence-corrected chi connectivity index (χ3v) is 5.18. The highest BCUT2D eigenvalue weighted by Crippen LogP contribution is 2.21. The lowest BCUT2D eigenvalue weighted by atomic mass is 10.1. The molecule has 1 heterocycles.